The zero-order valence-corrected chi connectivity index (χ0v) is 13.1. The lowest BCUT2D eigenvalue weighted by Crippen LogP contribution is -2.46. The van der Waals surface area contributed by atoms with Gasteiger partial charge in [0.05, 0.1) is 12.2 Å². The summed E-state index contributed by atoms with van der Waals surface area (Å²) in [5, 5.41) is 3.60. The van der Waals surface area contributed by atoms with Crippen molar-refractivity contribution in [3.63, 3.8) is 0 Å². The van der Waals surface area contributed by atoms with Crippen LogP contribution < -0.4 is 5.32 Å². The molecule has 2 aliphatic rings. The fourth-order valence-electron chi connectivity index (χ4n) is 3.71. The highest BCUT2D eigenvalue weighted by molar-refractivity contribution is 5.85. The van der Waals surface area contributed by atoms with Crippen molar-refractivity contribution in [3.05, 3.63) is 0 Å². The summed E-state index contributed by atoms with van der Waals surface area (Å²) < 4.78 is 0. The second kappa shape index (κ2) is 5.82. The Bertz CT molecular complexity index is 327. The van der Waals surface area contributed by atoms with Gasteiger partial charge in [0.1, 0.15) is 0 Å². The van der Waals surface area contributed by atoms with E-state index >= 15 is 0 Å². The monoisotopic (exact) mass is 266 g/mol. The molecule has 0 radical (unpaired) electrons. The van der Waals surface area contributed by atoms with E-state index < -0.39 is 0 Å². The molecule has 3 heteroatoms. The first-order valence-electron chi connectivity index (χ1n) is 8.00. The largest absolute Gasteiger partial charge is 0.323 e. The van der Waals surface area contributed by atoms with Crippen LogP contribution in [0.25, 0.3) is 0 Å². The van der Waals surface area contributed by atoms with Crippen LogP contribution in [0.4, 0.5) is 0 Å². The second-order valence-electron chi connectivity index (χ2n) is 7.25. The molecule has 1 heterocycles. The van der Waals surface area contributed by atoms with Gasteiger partial charge in [-0.25, -0.2) is 0 Å². The molecule has 0 bridgehead atoms. The van der Waals surface area contributed by atoms with Crippen LogP contribution >= 0.6 is 0 Å². The maximum Gasteiger partial charge on any atom is 0.241 e. The van der Waals surface area contributed by atoms with Crippen molar-refractivity contribution in [1.29, 1.82) is 0 Å². The topological polar surface area (TPSA) is 32.3 Å². The smallest absolute Gasteiger partial charge is 0.241 e. The minimum absolute atomic E-state index is 0.0246. The first-order chi connectivity index (χ1) is 8.91. The number of amides is 1. The van der Waals surface area contributed by atoms with Gasteiger partial charge in [0.2, 0.25) is 5.91 Å². The van der Waals surface area contributed by atoms with Gasteiger partial charge in [0.15, 0.2) is 0 Å². The predicted molar refractivity (Wildman–Crippen MR) is 78.7 cm³/mol. The lowest BCUT2D eigenvalue weighted by molar-refractivity contribution is -0.133. The van der Waals surface area contributed by atoms with Crippen molar-refractivity contribution < 1.29 is 4.79 Å². The van der Waals surface area contributed by atoms with Gasteiger partial charge in [-0.1, -0.05) is 41.0 Å². The first-order valence-corrected chi connectivity index (χ1v) is 8.00. The van der Waals surface area contributed by atoms with E-state index in [9.17, 15) is 4.79 Å². The molecule has 1 aliphatic carbocycles. The molecular formula is C16H30N2O. The SMILES string of the molecule is CC(C)CC1NC(C(C)C)C(=O)N1C1CCCC1C. The quantitative estimate of drug-likeness (QED) is 0.848. The third kappa shape index (κ3) is 2.96. The van der Waals surface area contributed by atoms with Crippen molar-refractivity contribution in [2.75, 3.05) is 0 Å². The van der Waals surface area contributed by atoms with Crippen LogP contribution in [0, 0.1) is 17.8 Å². The van der Waals surface area contributed by atoms with Crippen LogP contribution in [0.1, 0.15) is 60.3 Å². The Morgan fingerprint density at radius 3 is 2.42 bits per heavy atom. The fraction of sp³-hybridized carbons (Fsp3) is 0.938. The van der Waals surface area contributed by atoms with Gasteiger partial charge >= 0.3 is 0 Å². The first kappa shape index (κ1) is 14.8. The summed E-state index contributed by atoms with van der Waals surface area (Å²) in [6.45, 7) is 11.1. The molecule has 3 nitrogen and oxygen atoms in total. The predicted octanol–water partition coefficient (Wildman–Crippen LogP) is 3.00. The highest BCUT2D eigenvalue weighted by atomic mass is 16.2. The average Bonchev–Trinajstić information content (AvgIpc) is 2.82. The van der Waals surface area contributed by atoms with Gasteiger partial charge in [0.25, 0.3) is 0 Å². The van der Waals surface area contributed by atoms with E-state index in [2.05, 4.69) is 44.8 Å². The van der Waals surface area contributed by atoms with E-state index in [0.717, 1.165) is 6.42 Å². The summed E-state index contributed by atoms with van der Waals surface area (Å²) in [6, 6.07) is 0.490. The van der Waals surface area contributed by atoms with E-state index in [0.29, 0.717) is 29.7 Å². The van der Waals surface area contributed by atoms with Crippen molar-refractivity contribution in [1.82, 2.24) is 10.2 Å². The summed E-state index contributed by atoms with van der Waals surface area (Å²) in [5.41, 5.74) is 0. The molecule has 0 spiro atoms. The lowest BCUT2D eigenvalue weighted by Gasteiger charge is -2.33. The summed E-state index contributed by atoms with van der Waals surface area (Å²) in [7, 11) is 0. The highest BCUT2D eigenvalue weighted by Gasteiger charge is 2.45. The Kier molecular flexibility index (Phi) is 4.54. The van der Waals surface area contributed by atoms with Crippen LogP contribution in [-0.2, 0) is 4.79 Å². The van der Waals surface area contributed by atoms with Crippen molar-refractivity contribution in [3.8, 4) is 0 Å². The molecule has 1 saturated heterocycles. The van der Waals surface area contributed by atoms with Crippen molar-refractivity contribution >= 4 is 5.91 Å². The molecule has 1 saturated carbocycles. The van der Waals surface area contributed by atoms with Crippen LogP contribution in [0.15, 0.2) is 0 Å². The number of nitrogens with zero attached hydrogens (tertiary/aromatic N) is 1. The number of carbonyl (C=O) groups excluding carboxylic acids is 1. The molecule has 2 rings (SSSR count). The van der Waals surface area contributed by atoms with Crippen LogP contribution in [-0.4, -0.2) is 29.1 Å². The zero-order valence-electron chi connectivity index (χ0n) is 13.1. The van der Waals surface area contributed by atoms with Gasteiger partial charge < -0.3 is 4.90 Å². The molecule has 19 heavy (non-hydrogen) atoms. The average molecular weight is 266 g/mol. The Labute approximate surface area is 118 Å². The maximum atomic E-state index is 12.7. The summed E-state index contributed by atoms with van der Waals surface area (Å²) in [4.78, 5) is 14.9. The fourth-order valence-corrected chi connectivity index (χ4v) is 3.71. The number of hydrogen-bond acceptors (Lipinski definition) is 2. The van der Waals surface area contributed by atoms with E-state index in [-0.39, 0.29) is 12.2 Å². The van der Waals surface area contributed by atoms with Gasteiger partial charge in [-0.2, -0.15) is 0 Å². The Morgan fingerprint density at radius 2 is 1.95 bits per heavy atom. The maximum absolute atomic E-state index is 12.7. The summed E-state index contributed by atoms with van der Waals surface area (Å²) in [5.74, 6) is 2.00. The van der Waals surface area contributed by atoms with Gasteiger partial charge in [-0.05, 0) is 37.0 Å². The van der Waals surface area contributed by atoms with Gasteiger partial charge in [-0.3, -0.25) is 10.1 Å². The third-order valence-electron chi connectivity index (χ3n) is 4.76. The molecule has 1 aliphatic heterocycles. The third-order valence-corrected chi connectivity index (χ3v) is 4.76. The molecule has 2 fully saturated rings. The number of carbonyl (C=O) groups is 1. The Morgan fingerprint density at radius 1 is 1.26 bits per heavy atom. The van der Waals surface area contributed by atoms with Crippen molar-refractivity contribution in [2.45, 2.75) is 78.6 Å². The normalized spacial score (nSPS) is 35.9. The van der Waals surface area contributed by atoms with Gasteiger partial charge in [0, 0.05) is 6.04 Å². The van der Waals surface area contributed by atoms with Crippen molar-refractivity contribution in [2.24, 2.45) is 17.8 Å². The number of hydrogen-bond donors (Lipinski definition) is 1. The zero-order chi connectivity index (χ0) is 14.2. The Balaban J connectivity index is 2.17. The van der Waals surface area contributed by atoms with E-state index in [1.54, 1.807) is 0 Å². The molecule has 0 aromatic heterocycles. The minimum atomic E-state index is 0.0246. The van der Waals surface area contributed by atoms with Crippen LogP contribution in [0.5, 0.6) is 0 Å². The summed E-state index contributed by atoms with van der Waals surface area (Å²) >= 11 is 0. The molecule has 1 amide bonds. The molecule has 4 unspecified atom stereocenters. The van der Waals surface area contributed by atoms with E-state index in [1.165, 1.54) is 19.3 Å². The molecular weight excluding hydrogens is 236 g/mol. The van der Waals surface area contributed by atoms with E-state index in [1.807, 2.05) is 0 Å². The second-order valence-corrected chi connectivity index (χ2v) is 7.25. The molecule has 0 aromatic carbocycles. The minimum Gasteiger partial charge on any atom is -0.323 e. The Hall–Kier alpha value is -0.570. The van der Waals surface area contributed by atoms with Crippen LogP contribution in [0.2, 0.25) is 0 Å². The number of nitrogens with one attached hydrogen (secondary N) is 1. The summed E-state index contributed by atoms with van der Waals surface area (Å²) in [6.07, 6.45) is 5.06. The van der Waals surface area contributed by atoms with Gasteiger partial charge in [-0.15, -0.1) is 0 Å². The van der Waals surface area contributed by atoms with E-state index in [4.69, 9.17) is 0 Å². The molecule has 110 valence electrons. The standard InChI is InChI=1S/C16H30N2O/c1-10(2)9-14-17-15(11(3)4)16(19)18(14)13-8-6-7-12(13)5/h10-15,17H,6-9H2,1-5H3. The van der Waals surface area contributed by atoms with Crippen LogP contribution in [0.3, 0.4) is 0 Å². The lowest BCUT2D eigenvalue weighted by atomic mass is 10.0. The molecule has 4 atom stereocenters. The number of rotatable bonds is 4. The molecule has 1 N–H and O–H groups in total. The molecule has 0 aromatic rings. The highest BCUT2D eigenvalue weighted by Crippen LogP contribution is 2.34.